The summed E-state index contributed by atoms with van der Waals surface area (Å²) in [6.07, 6.45) is 1.68. The molecule has 1 aromatic carbocycles. The van der Waals surface area contributed by atoms with Gasteiger partial charge in [-0.2, -0.15) is 0 Å². The lowest BCUT2D eigenvalue weighted by atomic mass is 9.83. The first-order valence-electron chi connectivity index (χ1n) is 6.64. The van der Waals surface area contributed by atoms with Crippen molar-refractivity contribution in [2.75, 3.05) is 13.2 Å². The average molecular weight is 284 g/mol. The molecule has 0 aliphatic heterocycles. The molecule has 0 aliphatic carbocycles. The van der Waals surface area contributed by atoms with E-state index in [1.165, 1.54) is 0 Å². The normalized spacial score (nSPS) is 11.4. The van der Waals surface area contributed by atoms with Gasteiger partial charge in [0.2, 0.25) is 0 Å². The summed E-state index contributed by atoms with van der Waals surface area (Å²) < 4.78 is 0. The van der Waals surface area contributed by atoms with Crippen LogP contribution in [0.4, 0.5) is 0 Å². The van der Waals surface area contributed by atoms with Crippen LogP contribution in [0, 0.1) is 5.41 Å². The molecule has 0 aliphatic rings. The topological polar surface area (TPSA) is 49.3 Å². The Morgan fingerprint density at radius 3 is 2.26 bits per heavy atom. The molecule has 0 spiro atoms. The quantitative estimate of drug-likeness (QED) is 0.756. The van der Waals surface area contributed by atoms with Gasteiger partial charge in [-0.1, -0.05) is 26.0 Å². The summed E-state index contributed by atoms with van der Waals surface area (Å²) in [4.78, 5) is 12.0. The molecule has 4 heteroatoms. The summed E-state index contributed by atoms with van der Waals surface area (Å²) in [6.45, 7) is 4.64. The molecular weight excluding hydrogens is 262 g/mol. The Balaban J connectivity index is 2.63. The van der Waals surface area contributed by atoms with E-state index in [4.69, 9.17) is 11.6 Å². The van der Waals surface area contributed by atoms with E-state index in [-0.39, 0.29) is 17.9 Å². The minimum Gasteiger partial charge on any atom is -0.396 e. The van der Waals surface area contributed by atoms with E-state index in [1.54, 1.807) is 12.1 Å². The van der Waals surface area contributed by atoms with Crippen LogP contribution in [-0.2, 0) is 5.88 Å². The molecule has 0 saturated carbocycles. The van der Waals surface area contributed by atoms with Gasteiger partial charge in [-0.25, -0.2) is 0 Å². The third-order valence-electron chi connectivity index (χ3n) is 3.83. The van der Waals surface area contributed by atoms with E-state index in [9.17, 15) is 9.90 Å². The standard InChI is InChI=1S/C15H22ClNO2/c1-3-15(4-2,11-18)10-17-14(19)13-7-5-12(9-16)6-8-13/h5-8,18H,3-4,9-11H2,1-2H3,(H,17,19). The molecule has 19 heavy (non-hydrogen) atoms. The summed E-state index contributed by atoms with van der Waals surface area (Å²) in [5, 5.41) is 12.4. The first kappa shape index (κ1) is 16.0. The first-order valence-corrected chi connectivity index (χ1v) is 7.18. The molecule has 0 saturated heterocycles. The van der Waals surface area contributed by atoms with Gasteiger partial charge < -0.3 is 10.4 Å². The van der Waals surface area contributed by atoms with Gasteiger partial charge in [-0.15, -0.1) is 11.6 Å². The van der Waals surface area contributed by atoms with Gasteiger partial charge in [0.25, 0.3) is 5.91 Å². The van der Waals surface area contributed by atoms with Crippen LogP contribution in [-0.4, -0.2) is 24.2 Å². The zero-order valence-electron chi connectivity index (χ0n) is 11.6. The predicted octanol–water partition coefficient (Wildman–Crippen LogP) is 2.95. The zero-order chi connectivity index (χ0) is 14.3. The van der Waals surface area contributed by atoms with Crippen LogP contribution in [0.25, 0.3) is 0 Å². The van der Waals surface area contributed by atoms with Crippen molar-refractivity contribution in [2.45, 2.75) is 32.6 Å². The molecular formula is C15H22ClNO2. The smallest absolute Gasteiger partial charge is 0.251 e. The maximum Gasteiger partial charge on any atom is 0.251 e. The van der Waals surface area contributed by atoms with Crippen molar-refractivity contribution in [3.05, 3.63) is 35.4 Å². The molecule has 106 valence electrons. The van der Waals surface area contributed by atoms with Crippen LogP contribution >= 0.6 is 11.6 Å². The fourth-order valence-electron chi connectivity index (χ4n) is 1.89. The SMILES string of the molecule is CCC(CC)(CO)CNC(=O)c1ccc(CCl)cc1. The largest absolute Gasteiger partial charge is 0.396 e. The van der Waals surface area contributed by atoms with Gasteiger partial charge in [0.1, 0.15) is 0 Å². The number of aliphatic hydroxyl groups excluding tert-OH is 1. The molecule has 0 unspecified atom stereocenters. The second-order valence-corrected chi connectivity index (χ2v) is 5.15. The van der Waals surface area contributed by atoms with Crippen molar-refractivity contribution in [3.63, 3.8) is 0 Å². The first-order chi connectivity index (χ1) is 9.10. The Kier molecular flexibility index (Phi) is 6.32. The van der Waals surface area contributed by atoms with Crippen LogP contribution in [0.5, 0.6) is 0 Å². The van der Waals surface area contributed by atoms with E-state index in [0.717, 1.165) is 18.4 Å². The third kappa shape index (κ3) is 4.22. The summed E-state index contributed by atoms with van der Waals surface area (Å²) in [6, 6.07) is 7.23. The minimum absolute atomic E-state index is 0.0888. The lowest BCUT2D eigenvalue weighted by molar-refractivity contribution is 0.0851. The number of nitrogens with one attached hydrogen (secondary N) is 1. The van der Waals surface area contributed by atoms with Crippen LogP contribution in [0.2, 0.25) is 0 Å². The van der Waals surface area contributed by atoms with E-state index in [2.05, 4.69) is 5.32 Å². The van der Waals surface area contributed by atoms with E-state index in [0.29, 0.717) is 18.0 Å². The number of hydrogen-bond donors (Lipinski definition) is 2. The second-order valence-electron chi connectivity index (χ2n) is 4.88. The van der Waals surface area contributed by atoms with Crippen molar-refractivity contribution in [2.24, 2.45) is 5.41 Å². The number of carbonyl (C=O) groups is 1. The van der Waals surface area contributed by atoms with Crippen LogP contribution < -0.4 is 5.32 Å². The summed E-state index contributed by atoms with van der Waals surface area (Å²) >= 11 is 5.71. The van der Waals surface area contributed by atoms with Crippen molar-refractivity contribution in [1.29, 1.82) is 0 Å². The van der Waals surface area contributed by atoms with E-state index in [1.807, 2.05) is 26.0 Å². The lowest BCUT2D eigenvalue weighted by Gasteiger charge is -2.29. The number of aliphatic hydroxyl groups is 1. The zero-order valence-corrected chi connectivity index (χ0v) is 12.3. The lowest BCUT2D eigenvalue weighted by Crippen LogP contribution is -2.39. The molecule has 0 fully saturated rings. The van der Waals surface area contributed by atoms with Crippen molar-refractivity contribution in [1.82, 2.24) is 5.32 Å². The molecule has 1 amide bonds. The molecule has 2 N–H and O–H groups in total. The Labute approximate surface area is 120 Å². The molecule has 3 nitrogen and oxygen atoms in total. The Bertz CT molecular complexity index is 391. The van der Waals surface area contributed by atoms with Gasteiger partial charge in [0.15, 0.2) is 0 Å². The monoisotopic (exact) mass is 283 g/mol. The molecule has 0 atom stereocenters. The average Bonchev–Trinajstić information content (AvgIpc) is 2.49. The Hall–Kier alpha value is -1.06. The highest BCUT2D eigenvalue weighted by Crippen LogP contribution is 2.24. The minimum atomic E-state index is -0.217. The number of alkyl halides is 1. The fraction of sp³-hybridized carbons (Fsp3) is 0.533. The second kappa shape index (κ2) is 7.51. The molecule has 0 radical (unpaired) electrons. The number of benzene rings is 1. The van der Waals surface area contributed by atoms with Crippen LogP contribution in [0.15, 0.2) is 24.3 Å². The Morgan fingerprint density at radius 1 is 1.26 bits per heavy atom. The number of amides is 1. The predicted molar refractivity (Wildman–Crippen MR) is 78.4 cm³/mol. The highest BCUT2D eigenvalue weighted by atomic mass is 35.5. The summed E-state index contributed by atoms with van der Waals surface area (Å²) in [5.41, 5.74) is 1.39. The van der Waals surface area contributed by atoms with Crippen LogP contribution in [0.1, 0.15) is 42.6 Å². The van der Waals surface area contributed by atoms with Crippen molar-refractivity contribution in [3.8, 4) is 0 Å². The van der Waals surface area contributed by atoms with Gasteiger partial charge in [-0.05, 0) is 30.5 Å². The maximum atomic E-state index is 12.0. The number of rotatable bonds is 7. The summed E-state index contributed by atoms with van der Waals surface area (Å²) in [5.74, 6) is 0.335. The fourth-order valence-corrected chi connectivity index (χ4v) is 2.07. The van der Waals surface area contributed by atoms with Crippen LogP contribution in [0.3, 0.4) is 0 Å². The number of halogens is 1. The molecule has 0 aromatic heterocycles. The van der Waals surface area contributed by atoms with E-state index < -0.39 is 0 Å². The number of hydrogen-bond acceptors (Lipinski definition) is 2. The summed E-state index contributed by atoms with van der Waals surface area (Å²) in [7, 11) is 0. The third-order valence-corrected chi connectivity index (χ3v) is 4.14. The van der Waals surface area contributed by atoms with Gasteiger partial charge in [0, 0.05) is 23.4 Å². The molecule has 1 rings (SSSR count). The highest BCUT2D eigenvalue weighted by molar-refractivity contribution is 6.17. The van der Waals surface area contributed by atoms with Crippen molar-refractivity contribution < 1.29 is 9.90 Å². The maximum absolute atomic E-state index is 12.0. The van der Waals surface area contributed by atoms with Crippen molar-refractivity contribution >= 4 is 17.5 Å². The van der Waals surface area contributed by atoms with Gasteiger partial charge in [0.05, 0.1) is 6.61 Å². The highest BCUT2D eigenvalue weighted by Gasteiger charge is 2.25. The van der Waals surface area contributed by atoms with E-state index >= 15 is 0 Å². The Morgan fingerprint density at radius 2 is 1.84 bits per heavy atom. The van der Waals surface area contributed by atoms with Gasteiger partial charge >= 0.3 is 0 Å². The molecule has 0 bridgehead atoms. The molecule has 1 aromatic rings. The molecule has 0 heterocycles. The number of carbonyl (C=O) groups excluding carboxylic acids is 1. The van der Waals surface area contributed by atoms with Gasteiger partial charge in [-0.3, -0.25) is 4.79 Å².